The first-order chi connectivity index (χ1) is 15.6. The third kappa shape index (κ3) is 6.75. The molecule has 1 heterocycles. The van der Waals surface area contributed by atoms with Crippen LogP contribution in [0.4, 0.5) is 5.69 Å². The summed E-state index contributed by atoms with van der Waals surface area (Å²) in [7, 11) is 2.02. The number of hydrogen-bond donors (Lipinski definition) is 1. The van der Waals surface area contributed by atoms with Crippen molar-refractivity contribution in [3.05, 3.63) is 69.0 Å². The van der Waals surface area contributed by atoms with Gasteiger partial charge in [0.1, 0.15) is 0 Å². The average molecular weight is 463 g/mol. The van der Waals surface area contributed by atoms with Gasteiger partial charge in [-0.05, 0) is 76.4 Å². The van der Waals surface area contributed by atoms with Gasteiger partial charge in [0.05, 0.1) is 22.7 Å². The second-order valence-electron chi connectivity index (χ2n) is 9.47. The Balaban J connectivity index is 1.73. The Hall–Kier alpha value is -2.99. The molecule has 0 saturated heterocycles. The Bertz CT molecular complexity index is 1140. The van der Waals surface area contributed by atoms with E-state index in [-0.39, 0.29) is 11.4 Å². The van der Waals surface area contributed by atoms with Gasteiger partial charge >= 0.3 is 0 Å². The Morgan fingerprint density at radius 1 is 1.15 bits per heavy atom. The molecule has 3 aromatic rings. The first kappa shape index (κ1) is 24.6. The molecule has 0 aliphatic heterocycles. The standard InChI is InChI=1S/C27H34N4OS/c1-8-31(7)17-28-23-14-18(2)22(13-19(23)3)15-25-29-24(16-33-25)20-9-11-21(12-10-20)26(32)30-27(4,5)6/h9-14,16-17H,8,15H2,1-7H3,(H,30,32)/b28-17+. The van der Waals surface area contributed by atoms with Gasteiger partial charge < -0.3 is 10.2 Å². The predicted molar refractivity (Wildman–Crippen MR) is 140 cm³/mol. The van der Waals surface area contributed by atoms with E-state index < -0.39 is 0 Å². The number of aromatic nitrogens is 1. The van der Waals surface area contributed by atoms with Crippen molar-refractivity contribution in [3.8, 4) is 11.3 Å². The van der Waals surface area contributed by atoms with Crippen molar-refractivity contribution in [2.75, 3.05) is 13.6 Å². The molecule has 33 heavy (non-hydrogen) atoms. The number of thiazole rings is 1. The van der Waals surface area contributed by atoms with E-state index >= 15 is 0 Å². The highest BCUT2D eigenvalue weighted by molar-refractivity contribution is 7.10. The molecule has 0 spiro atoms. The number of carbonyl (C=O) groups is 1. The maximum atomic E-state index is 12.4. The first-order valence-electron chi connectivity index (χ1n) is 11.3. The number of aliphatic imine (C=N–C) groups is 1. The number of benzene rings is 2. The monoisotopic (exact) mass is 462 g/mol. The lowest BCUT2D eigenvalue weighted by molar-refractivity contribution is 0.0919. The van der Waals surface area contributed by atoms with E-state index in [1.807, 2.05) is 58.4 Å². The zero-order valence-corrected chi connectivity index (χ0v) is 21.5. The number of nitrogens with one attached hydrogen (secondary N) is 1. The molecule has 1 N–H and O–H groups in total. The van der Waals surface area contributed by atoms with Crippen molar-refractivity contribution >= 4 is 29.3 Å². The number of carbonyl (C=O) groups excluding carboxylic acids is 1. The van der Waals surface area contributed by atoms with E-state index in [4.69, 9.17) is 4.98 Å². The number of aryl methyl sites for hydroxylation is 2. The minimum absolute atomic E-state index is 0.0621. The summed E-state index contributed by atoms with van der Waals surface area (Å²) >= 11 is 1.67. The summed E-state index contributed by atoms with van der Waals surface area (Å²) in [4.78, 5) is 23.9. The van der Waals surface area contributed by atoms with Crippen LogP contribution in [0.5, 0.6) is 0 Å². The van der Waals surface area contributed by atoms with Gasteiger partial charge in [0.2, 0.25) is 0 Å². The summed E-state index contributed by atoms with van der Waals surface area (Å²) < 4.78 is 0. The molecule has 0 radical (unpaired) electrons. The summed E-state index contributed by atoms with van der Waals surface area (Å²) in [5, 5.41) is 6.15. The van der Waals surface area contributed by atoms with Crippen molar-refractivity contribution in [1.29, 1.82) is 0 Å². The molecule has 174 valence electrons. The van der Waals surface area contributed by atoms with Crippen LogP contribution >= 0.6 is 11.3 Å². The molecular weight excluding hydrogens is 428 g/mol. The fourth-order valence-corrected chi connectivity index (χ4v) is 4.15. The summed E-state index contributed by atoms with van der Waals surface area (Å²) in [6, 6.07) is 12.0. The zero-order valence-electron chi connectivity index (χ0n) is 20.7. The van der Waals surface area contributed by atoms with Crippen molar-refractivity contribution in [3.63, 3.8) is 0 Å². The predicted octanol–water partition coefficient (Wildman–Crippen LogP) is 6.16. The normalized spacial score (nSPS) is 11.7. The van der Waals surface area contributed by atoms with Gasteiger partial charge in [-0.15, -0.1) is 11.3 Å². The van der Waals surface area contributed by atoms with Gasteiger partial charge in [-0.25, -0.2) is 9.98 Å². The maximum absolute atomic E-state index is 12.4. The molecule has 0 bridgehead atoms. The van der Waals surface area contributed by atoms with Crippen molar-refractivity contribution in [1.82, 2.24) is 15.2 Å². The summed E-state index contributed by atoms with van der Waals surface area (Å²) in [6.07, 6.45) is 2.68. The van der Waals surface area contributed by atoms with E-state index in [2.05, 4.69) is 53.5 Å². The number of hydrogen-bond acceptors (Lipinski definition) is 4. The molecule has 6 heteroatoms. The number of amides is 1. The minimum atomic E-state index is -0.257. The van der Waals surface area contributed by atoms with Crippen LogP contribution in [0.3, 0.4) is 0 Å². The van der Waals surface area contributed by atoms with Crippen LogP contribution in [0.25, 0.3) is 11.3 Å². The van der Waals surface area contributed by atoms with Crippen LogP contribution in [-0.4, -0.2) is 41.3 Å². The highest BCUT2D eigenvalue weighted by Gasteiger charge is 2.15. The second kappa shape index (κ2) is 10.3. The third-order valence-electron chi connectivity index (χ3n) is 5.37. The average Bonchev–Trinajstić information content (AvgIpc) is 3.22. The molecule has 1 aromatic heterocycles. The lowest BCUT2D eigenvalue weighted by Gasteiger charge is -2.20. The maximum Gasteiger partial charge on any atom is 0.251 e. The smallest absolute Gasteiger partial charge is 0.251 e. The van der Waals surface area contributed by atoms with E-state index in [1.165, 1.54) is 11.1 Å². The largest absolute Gasteiger partial charge is 0.366 e. The van der Waals surface area contributed by atoms with Gasteiger partial charge in [-0.1, -0.05) is 18.2 Å². The molecule has 0 fully saturated rings. The van der Waals surface area contributed by atoms with Crippen LogP contribution in [-0.2, 0) is 6.42 Å². The highest BCUT2D eigenvalue weighted by atomic mass is 32.1. The van der Waals surface area contributed by atoms with Gasteiger partial charge in [-0.3, -0.25) is 4.79 Å². The van der Waals surface area contributed by atoms with Crippen LogP contribution in [0.2, 0.25) is 0 Å². The highest BCUT2D eigenvalue weighted by Crippen LogP contribution is 2.28. The SMILES string of the molecule is CCN(C)/C=N/c1cc(C)c(Cc2nc(-c3ccc(C(=O)NC(C)(C)C)cc3)cs2)cc1C. The summed E-state index contributed by atoms with van der Waals surface area (Å²) in [5.74, 6) is -0.0621. The van der Waals surface area contributed by atoms with Gasteiger partial charge in [0, 0.05) is 42.1 Å². The Morgan fingerprint density at radius 2 is 1.85 bits per heavy atom. The van der Waals surface area contributed by atoms with E-state index in [0.717, 1.165) is 40.5 Å². The van der Waals surface area contributed by atoms with Crippen molar-refractivity contribution in [2.24, 2.45) is 4.99 Å². The summed E-state index contributed by atoms with van der Waals surface area (Å²) in [6.45, 7) is 13.2. The molecule has 5 nitrogen and oxygen atoms in total. The van der Waals surface area contributed by atoms with Gasteiger partial charge in [-0.2, -0.15) is 0 Å². The van der Waals surface area contributed by atoms with Crippen LogP contribution in [0.15, 0.2) is 46.8 Å². The Labute approximate surface area is 201 Å². The fourth-order valence-electron chi connectivity index (χ4n) is 3.33. The third-order valence-corrected chi connectivity index (χ3v) is 6.22. The van der Waals surface area contributed by atoms with Crippen LogP contribution in [0.1, 0.15) is 59.8 Å². The molecule has 3 rings (SSSR count). The van der Waals surface area contributed by atoms with Crippen molar-refractivity contribution < 1.29 is 4.79 Å². The lowest BCUT2D eigenvalue weighted by atomic mass is 10.0. The van der Waals surface area contributed by atoms with Crippen LogP contribution < -0.4 is 5.32 Å². The van der Waals surface area contributed by atoms with E-state index in [0.29, 0.717) is 5.56 Å². The topological polar surface area (TPSA) is 57.6 Å². The molecule has 2 aromatic carbocycles. The van der Waals surface area contributed by atoms with E-state index in [1.54, 1.807) is 11.3 Å². The molecule has 0 unspecified atom stereocenters. The van der Waals surface area contributed by atoms with Gasteiger partial charge in [0.15, 0.2) is 0 Å². The molecule has 0 aliphatic carbocycles. The molecule has 0 aliphatic rings. The van der Waals surface area contributed by atoms with Crippen molar-refractivity contribution in [2.45, 2.75) is 53.5 Å². The number of nitrogens with zero attached hydrogens (tertiary/aromatic N) is 3. The van der Waals surface area contributed by atoms with Crippen LogP contribution in [0, 0.1) is 13.8 Å². The Kier molecular flexibility index (Phi) is 7.69. The first-order valence-corrected chi connectivity index (χ1v) is 12.2. The fraction of sp³-hybridized carbons (Fsp3) is 0.370. The van der Waals surface area contributed by atoms with E-state index in [9.17, 15) is 4.79 Å². The molecular formula is C27H34N4OS. The van der Waals surface area contributed by atoms with Gasteiger partial charge in [0.25, 0.3) is 5.91 Å². The minimum Gasteiger partial charge on any atom is -0.366 e. The molecule has 1 amide bonds. The molecule has 0 saturated carbocycles. The Morgan fingerprint density at radius 3 is 2.48 bits per heavy atom. The summed E-state index contributed by atoms with van der Waals surface area (Å²) in [5.41, 5.74) is 7.01. The quantitative estimate of drug-likeness (QED) is 0.338. The lowest BCUT2D eigenvalue weighted by Crippen LogP contribution is -2.40. The number of rotatable bonds is 7. The second-order valence-corrected chi connectivity index (χ2v) is 10.4. The molecule has 0 atom stereocenters. The zero-order chi connectivity index (χ0) is 24.2.